The van der Waals surface area contributed by atoms with Crippen molar-refractivity contribution in [2.24, 2.45) is 0 Å². The highest BCUT2D eigenvalue weighted by molar-refractivity contribution is 6.27. The minimum atomic E-state index is 0.915. The van der Waals surface area contributed by atoms with Crippen LogP contribution in [-0.2, 0) is 0 Å². The van der Waals surface area contributed by atoms with Gasteiger partial charge in [0.15, 0.2) is 0 Å². The van der Waals surface area contributed by atoms with Crippen LogP contribution in [0.1, 0.15) is 0 Å². The van der Waals surface area contributed by atoms with Gasteiger partial charge in [-0.1, -0.05) is 206 Å². The maximum Gasteiger partial charge on any atom is 0.0721 e. The molecule has 15 rings (SSSR count). The molecule has 0 unspecified atom stereocenters. The first-order valence-electron chi connectivity index (χ1n) is 24.5. The fourth-order valence-electron chi connectivity index (χ4n) is 11.8. The molecule has 0 saturated heterocycles. The monoisotopic (exact) mass is 898 g/mol. The Morgan fingerprint density at radius 3 is 1.45 bits per heavy atom. The van der Waals surface area contributed by atoms with Gasteiger partial charge in [-0.15, -0.1) is 0 Å². The second-order valence-electron chi connectivity index (χ2n) is 19.0. The molecule has 0 N–H and O–H groups in total. The Balaban J connectivity index is 1.02. The van der Waals surface area contributed by atoms with Crippen LogP contribution >= 0.6 is 0 Å². The lowest BCUT2D eigenvalue weighted by atomic mass is 9.90. The van der Waals surface area contributed by atoms with Gasteiger partial charge in [-0.3, -0.25) is 0 Å². The molecule has 0 aliphatic heterocycles. The number of para-hydroxylation sites is 1. The van der Waals surface area contributed by atoms with Crippen molar-refractivity contribution in [1.29, 1.82) is 0 Å². The van der Waals surface area contributed by atoms with Crippen LogP contribution in [0, 0.1) is 0 Å². The van der Waals surface area contributed by atoms with Crippen LogP contribution in [0.2, 0.25) is 0 Å². The summed E-state index contributed by atoms with van der Waals surface area (Å²) in [5.41, 5.74) is 14.3. The zero-order valence-electron chi connectivity index (χ0n) is 38.6. The fraction of sp³-hybridized carbons (Fsp3) is 0. The highest BCUT2D eigenvalue weighted by atomic mass is 15.0. The van der Waals surface area contributed by atoms with Crippen LogP contribution in [0.4, 0.5) is 0 Å². The van der Waals surface area contributed by atoms with Crippen molar-refractivity contribution < 1.29 is 0 Å². The van der Waals surface area contributed by atoms with Crippen LogP contribution in [0.3, 0.4) is 0 Å². The van der Waals surface area contributed by atoms with E-state index >= 15 is 0 Å². The average molecular weight is 899 g/mol. The lowest BCUT2D eigenvalue weighted by Gasteiger charge is -2.17. The summed E-state index contributed by atoms with van der Waals surface area (Å²) in [5, 5.41) is 17.6. The van der Waals surface area contributed by atoms with Gasteiger partial charge in [0.25, 0.3) is 0 Å². The minimum Gasteiger partial charge on any atom is -0.309 e. The van der Waals surface area contributed by atoms with E-state index in [9.17, 15) is 0 Å². The lowest BCUT2D eigenvalue weighted by Crippen LogP contribution is -1.98. The topological polar surface area (TPSA) is 17.8 Å². The number of fused-ring (bicyclic) bond motifs is 9. The molecule has 0 fully saturated rings. The second-order valence-corrected chi connectivity index (χ2v) is 19.0. The van der Waals surface area contributed by atoms with Gasteiger partial charge in [0, 0.05) is 27.6 Å². The third-order valence-corrected chi connectivity index (χ3v) is 15.1. The smallest absolute Gasteiger partial charge is 0.0721 e. The molecular formula is C69H42N2. The molecular weight excluding hydrogens is 857 g/mol. The summed E-state index contributed by atoms with van der Waals surface area (Å²) in [4.78, 5) is 5.73. The molecule has 0 aliphatic rings. The quantitative estimate of drug-likeness (QED) is 0.152. The number of aromatic nitrogens is 2. The van der Waals surface area contributed by atoms with Crippen molar-refractivity contribution in [2.75, 3.05) is 0 Å². The molecule has 0 spiro atoms. The third-order valence-electron chi connectivity index (χ3n) is 15.1. The van der Waals surface area contributed by atoms with E-state index in [0.717, 1.165) is 61.5 Å². The van der Waals surface area contributed by atoms with Crippen LogP contribution < -0.4 is 0 Å². The van der Waals surface area contributed by atoms with E-state index < -0.39 is 0 Å². The van der Waals surface area contributed by atoms with Crippen molar-refractivity contribution in [2.45, 2.75) is 0 Å². The van der Waals surface area contributed by atoms with Crippen molar-refractivity contribution in [3.63, 3.8) is 0 Å². The first-order valence-corrected chi connectivity index (χ1v) is 24.5. The van der Waals surface area contributed by atoms with Crippen LogP contribution in [0.15, 0.2) is 255 Å². The number of nitrogens with zero attached hydrogens (tertiary/aromatic N) is 2. The van der Waals surface area contributed by atoms with Crippen molar-refractivity contribution in [3.8, 4) is 61.6 Å². The first kappa shape index (κ1) is 39.6. The fourth-order valence-corrected chi connectivity index (χ4v) is 11.8. The molecule has 2 heteroatoms. The highest BCUT2D eigenvalue weighted by Gasteiger charge is 2.20. The van der Waals surface area contributed by atoms with Crippen molar-refractivity contribution >= 4 is 86.4 Å². The van der Waals surface area contributed by atoms with E-state index in [1.165, 1.54) is 86.5 Å². The minimum absolute atomic E-state index is 0.915. The zero-order chi connectivity index (χ0) is 46.6. The van der Waals surface area contributed by atoms with E-state index in [1.54, 1.807) is 0 Å². The normalized spacial score (nSPS) is 11.9. The number of hydrogen-bond donors (Lipinski definition) is 0. The van der Waals surface area contributed by atoms with E-state index in [-0.39, 0.29) is 0 Å². The Morgan fingerprint density at radius 2 is 0.732 bits per heavy atom. The number of pyridine rings is 1. The van der Waals surface area contributed by atoms with Crippen LogP contribution in [0.5, 0.6) is 0 Å². The van der Waals surface area contributed by atoms with Gasteiger partial charge >= 0.3 is 0 Å². The number of rotatable bonds is 6. The van der Waals surface area contributed by atoms with Crippen molar-refractivity contribution in [1.82, 2.24) is 9.55 Å². The number of benzene rings is 13. The van der Waals surface area contributed by atoms with Gasteiger partial charge in [0.2, 0.25) is 0 Å². The molecule has 15 aromatic rings. The largest absolute Gasteiger partial charge is 0.309 e. The molecule has 71 heavy (non-hydrogen) atoms. The predicted octanol–water partition coefficient (Wildman–Crippen LogP) is 18.9. The molecule has 0 atom stereocenters. The van der Waals surface area contributed by atoms with E-state index in [1.807, 2.05) is 0 Å². The Labute approximate surface area is 410 Å². The lowest BCUT2D eigenvalue weighted by molar-refractivity contribution is 1.18. The third kappa shape index (κ3) is 6.25. The van der Waals surface area contributed by atoms with Gasteiger partial charge in [-0.05, 0) is 147 Å². The van der Waals surface area contributed by atoms with E-state index in [4.69, 9.17) is 4.98 Å². The van der Waals surface area contributed by atoms with E-state index in [2.05, 4.69) is 259 Å². The van der Waals surface area contributed by atoms with Gasteiger partial charge in [0.05, 0.1) is 22.4 Å². The SMILES string of the molecule is c1ccc(-c2cc(-c3cc(-c4ccc5c6ccccc6c6ccccc6c5c4)cc(-n4c5ccccc5c5ccc(-c6ccccc6)cc54)c3)nc(-c3ccc4ccc5cccc6ccc3c4c56)c2)cc1. The molecule has 2 nitrogen and oxygen atoms in total. The standard InChI is InChI=1S/C69H42N2/c1-3-14-43(15-4-1)49-31-34-61-60-24-11-12-25-66(60)71(67(61)42-49)53-37-50(48-30-32-58-56-22-8-7-20-54(56)55-21-9-10-23-57(55)63(58)39-48)36-52(38-53)64-40-51(44-16-5-2-6-17-44)41-65(70-64)59-33-28-47-27-26-45-18-13-19-46-29-35-62(59)69(47)68(45)46/h1-42H. The molecule has 0 aliphatic carbocycles. The molecule has 0 saturated carbocycles. The molecule has 13 aromatic carbocycles. The zero-order valence-corrected chi connectivity index (χ0v) is 38.6. The molecule has 2 aromatic heterocycles. The molecule has 2 heterocycles. The summed E-state index contributed by atoms with van der Waals surface area (Å²) in [6, 6.07) is 93.9. The Morgan fingerprint density at radius 1 is 0.239 bits per heavy atom. The summed E-state index contributed by atoms with van der Waals surface area (Å²) in [6.45, 7) is 0. The van der Waals surface area contributed by atoms with Gasteiger partial charge in [-0.25, -0.2) is 4.98 Å². The maximum atomic E-state index is 5.73. The van der Waals surface area contributed by atoms with Crippen LogP contribution in [0.25, 0.3) is 148 Å². The van der Waals surface area contributed by atoms with Gasteiger partial charge < -0.3 is 4.57 Å². The highest BCUT2D eigenvalue weighted by Crippen LogP contribution is 2.44. The Kier molecular flexibility index (Phi) is 8.69. The first-order chi connectivity index (χ1) is 35.2. The number of hydrogen-bond acceptors (Lipinski definition) is 1. The van der Waals surface area contributed by atoms with E-state index in [0.29, 0.717) is 0 Å². The molecule has 328 valence electrons. The summed E-state index contributed by atoms with van der Waals surface area (Å²) in [7, 11) is 0. The second kappa shape index (κ2) is 15.6. The van der Waals surface area contributed by atoms with Gasteiger partial charge in [-0.2, -0.15) is 0 Å². The summed E-state index contributed by atoms with van der Waals surface area (Å²) in [5.74, 6) is 0. The predicted molar refractivity (Wildman–Crippen MR) is 302 cm³/mol. The maximum absolute atomic E-state index is 5.73. The summed E-state index contributed by atoms with van der Waals surface area (Å²) >= 11 is 0. The molecule has 0 bridgehead atoms. The van der Waals surface area contributed by atoms with Gasteiger partial charge in [0.1, 0.15) is 0 Å². The average Bonchev–Trinajstić information content (AvgIpc) is 3.78. The van der Waals surface area contributed by atoms with Crippen molar-refractivity contribution in [3.05, 3.63) is 255 Å². The Bertz CT molecular complexity index is 4570. The molecule has 0 amide bonds. The Hall–Kier alpha value is -9.37. The van der Waals surface area contributed by atoms with Crippen LogP contribution in [-0.4, -0.2) is 9.55 Å². The molecule has 0 radical (unpaired) electrons. The summed E-state index contributed by atoms with van der Waals surface area (Å²) < 4.78 is 2.47. The summed E-state index contributed by atoms with van der Waals surface area (Å²) in [6.07, 6.45) is 0.